The zero-order valence-corrected chi connectivity index (χ0v) is 13.5. The summed E-state index contributed by atoms with van der Waals surface area (Å²) in [5, 5.41) is 0.668. The van der Waals surface area contributed by atoms with Gasteiger partial charge in [0.05, 0.1) is 12.3 Å². The van der Waals surface area contributed by atoms with Crippen LogP contribution in [0.2, 0.25) is 5.02 Å². The molecule has 116 valence electrons. The summed E-state index contributed by atoms with van der Waals surface area (Å²) in [5.74, 6) is -0.273. The monoisotopic (exact) mass is 330 g/mol. The Balaban J connectivity index is 1.99. The van der Waals surface area contributed by atoms with E-state index in [1.165, 1.54) is 0 Å². The summed E-state index contributed by atoms with van der Waals surface area (Å²) in [6.07, 6.45) is 0.525. The highest BCUT2D eigenvalue weighted by Gasteiger charge is 2.32. The summed E-state index contributed by atoms with van der Waals surface area (Å²) in [4.78, 5) is 14.1. The largest absolute Gasteiger partial charge is 0.290 e. The van der Waals surface area contributed by atoms with Crippen LogP contribution in [-0.4, -0.2) is 48.9 Å². The second-order valence-electron chi connectivity index (χ2n) is 5.07. The first-order valence-corrected chi connectivity index (χ1v) is 8.91. The molecule has 1 saturated heterocycles. The molecular formula is C14H19ClN2O3S. The number of benzene rings is 1. The van der Waals surface area contributed by atoms with E-state index in [1.807, 2.05) is 24.0 Å². The van der Waals surface area contributed by atoms with Gasteiger partial charge in [0.15, 0.2) is 0 Å². The summed E-state index contributed by atoms with van der Waals surface area (Å²) in [6, 6.07) is 7.42. The Bertz CT molecular complexity index is 601. The molecule has 1 fully saturated rings. The van der Waals surface area contributed by atoms with Crippen molar-refractivity contribution in [2.45, 2.75) is 19.9 Å². The van der Waals surface area contributed by atoms with Crippen molar-refractivity contribution in [3.63, 3.8) is 0 Å². The van der Waals surface area contributed by atoms with Gasteiger partial charge in [-0.15, -0.1) is 0 Å². The van der Waals surface area contributed by atoms with Gasteiger partial charge in [0.2, 0.25) is 15.9 Å². The molecule has 0 saturated carbocycles. The number of amides is 1. The summed E-state index contributed by atoms with van der Waals surface area (Å²) < 4.78 is 24.5. The van der Waals surface area contributed by atoms with Gasteiger partial charge in [-0.25, -0.2) is 12.7 Å². The second-order valence-corrected chi connectivity index (χ2v) is 7.51. The maximum absolute atomic E-state index is 12.2. The number of carbonyl (C=O) groups is 1. The molecule has 0 N–H and O–H groups in total. The quantitative estimate of drug-likeness (QED) is 0.825. The summed E-state index contributed by atoms with van der Waals surface area (Å²) in [6.45, 7) is 3.62. The average molecular weight is 331 g/mol. The van der Waals surface area contributed by atoms with Gasteiger partial charge < -0.3 is 0 Å². The van der Waals surface area contributed by atoms with Gasteiger partial charge >= 0.3 is 0 Å². The molecule has 0 radical (unpaired) electrons. The van der Waals surface area contributed by atoms with Crippen molar-refractivity contribution in [2.75, 3.05) is 25.4 Å². The maximum Gasteiger partial charge on any atom is 0.250 e. The smallest absolute Gasteiger partial charge is 0.250 e. The molecule has 1 aromatic rings. The van der Waals surface area contributed by atoms with Gasteiger partial charge in [-0.1, -0.05) is 30.7 Å². The third-order valence-corrected chi connectivity index (χ3v) is 5.62. The highest BCUT2D eigenvalue weighted by molar-refractivity contribution is 7.89. The SMILES string of the molecule is CCN(CC(=O)N1CCCS1(=O)=O)Cc1ccc(Cl)cc1. The van der Waals surface area contributed by atoms with E-state index in [0.717, 1.165) is 9.87 Å². The third kappa shape index (κ3) is 4.18. The summed E-state index contributed by atoms with van der Waals surface area (Å²) >= 11 is 5.84. The Hall–Kier alpha value is -1.11. The lowest BCUT2D eigenvalue weighted by atomic mass is 10.2. The van der Waals surface area contributed by atoms with Crippen LogP contribution in [0, 0.1) is 0 Å². The molecule has 2 rings (SSSR count). The molecule has 0 aromatic heterocycles. The molecule has 5 nitrogen and oxygen atoms in total. The van der Waals surface area contributed by atoms with Crippen LogP contribution in [-0.2, 0) is 21.4 Å². The molecule has 1 aromatic carbocycles. The van der Waals surface area contributed by atoms with Crippen molar-refractivity contribution in [3.8, 4) is 0 Å². The average Bonchev–Trinajstić information content (AvgIpc) is 2.80. The Morgan fingerprint density at radius 1 is 1.33 bits per heavy atom. The van der Waals surface area contributed by atoms with Gasteiger partial charge in [0.25, 0.3) is 0 Å². The van der Waals surface area contributed by atoms with E-state index in [4.69, 9.17) is 11.6 Å². The van der Waals surface area contributed by atoms with Gasteiger partial charge in [-0.2, -0.15) is 0 Å². The minimum atomic E-state index is -3.38. The van der Waals surface area contributed by atoms with E-state index in [9.17, 15) is 13.2 Å². The molecule has 0 bridgehead atoms. The molecule has 1 heterocycles. The Kier molecular flexibility index (Phi) is 5.24. The van der Waals surface area contributed by atoms with Crippen LogP contribution in [0.25, 0.3) is 0 Å². The summed E-state index contributed by atoms with van der Waals surface area (Å²) in [5.41, 5.74) is 1.04. The molecule has 1 aliphatic rings. The van der Waals surface area contributed by atoms with Crippen LogP contribution in [0.5, 0.6) is 0 Å². The standard InChI is InChI=1S/C14H19ClN2O3S/c1-2-16(10-12-4-6-13(15)7-5-12)11-14(18)17-8-3-9-21(17,19)20/h4-7H,2-3,8-11H2,1H3. The fraction of sp³-hybridized carbons (Fsp3) is 0.500. The molecule has 0 atom stereocenters. The van der Waals surface area contributed by atoms with Crippen molar-refractivity contribution in [3.05, 3.63) is 34.9 Å². The predicted octanol–water partition coefficient (Wildman–Crippen LogP) is 1.72. The van der Waals surface area contributed by atoms with E-state index < -0.39 is 10.0 Å². The lowest BCUT2D eigenvalue weighted by molar-refractivity contribution is -0.127. The number of hydrogen-bond acceptors (Lipinski definition) is 4. The van der Waals surface area contributed by atoms with Crippen LogP contribution in [0.3, 0.4) is 0 Å². The highest BCUT2D eigenvalue weighted by atomic mass is 35.5. The van der Waals surface area contributed by atoms with E-state index in [1.54, 1.807) is 12.1 Å². The van der Waals surface area contributed by atoms with Crippen LogP contribution >= 0.6 is 11.6 Å². The van der Waals surface area contributed by atoms with Crippen molar-refractivity contribution in [1.82, 2.24) is 9.21 Å². The molecule has 7 heteroatoms. The third-order valence-electron chi connectivity index (χ3n) is 3.50. The molecule has 0 unspecified atom stereocenters. The normalized spacial score (nSPS) is 17.4. The number of sulfonamides is 1. The second kappa shape index (κ2) is 6.77. The lowest BCUT2D eigenvalue weighted by Gasteiger charge is -2.23. The van der Waals surface area contributed by atoms with Crippen LogP contribution in [0.4, 0.5) is 0 Å². The Morgan fingerprint density at radius 2 is 2.00 bits per heavy atom. The topological polar surface area (TPSA) is 57.7 Å². The molecule has 0 aliphatic carbocycles. The van der Waals surface area contributed by atoms with E-state index in [2.05, 4.69) is 0 Å². The maximum atomic E-state index is 12.2. The number of nitrogens with zero attached hydrogens (tertiary/aromatic N) is 2. The molecule has 1 aliphatic heterocycles. The highest BCUT2D eigenvalue weighted by Crippen LogP contribution is 2.15. The van der Waals surface area contributed by atoms with Crippen molar-refractivity contribution in [2.24, 2.45) is 0 Å². The van der Waals surface area contributed by atoms with E-state index in [0.29, 0.717) is 31.1 Å². The Morgan fingerprint density at radius 3 is 2.52 bits per heavy atom. The fourth-order valence-electron chi connectivity index (χ4n) is 2.32. The van der Waals surface area contributed by atoms with Crippen LogP contribution in [0.1, 0.15) is 18.9 Å². The molecular weight excluding hydrogens is 312 g/mol. The van der Waals surface area contributed by atoms with Crippen LogP contribution < -0.4 is 0 Å². The minimum absolute atomic E-state index is 0.0715. The van der Waals surface area contributed by atoms with E-state index in [-0.39, 0.29) is 18.2 Å². The minimum Gasteiger partial charge on any atom is -0.290 e. The summed E-state index contributed by atoms with van der Waals surface area (Å²) in [7, 11) is -3.38. The first-order valence-electron chi connectivity index (χ1n) is 6.92. The van der Waals surface area contributed by atoms with Gasteiger partial charge in [-0.05, 0) is 30.7 Å². The van der Waals surface area contributed by atoms with Crippen molar-refractivity contribution >= 4 is 27.5 Å². The van der Waals surface area contributed by atoms with Crippen molar-refractivity contribution < 1.29 is 13.2 Å². The number of carbonyl (C=O) groups excluding carboxylic acids is 1. The molecule has 0 spiro atoms. The number of rotatable bonds is 5. The number of halogens is 1. The fourth-order valence-corrected chi connectivity index (χ4v) is 3.93. The first-order chi connectivity index (χ1) is 9.92. The number of likely N-dealkylation sites (N-methyl/N-ethyl adjacent to an activating group) is 1. The zero-order valence-electron chi connectivity index (χ0n) is 12.0. The number of hydrogen-bond donors (Lipinski definition) is 0. The van der Waals surface area contributed by atoms with Gasteiger partial charge in [0.1, 0.15) is 0 Å². The first kappa shape index (κ1) is 16.3. The molecule has 21 heavy (non-hydrogen) atoms. The zero-order chi connectivity index (χ0) is 15.5. The predicted molar refractivity (Wildman–Crippen MR) is 82.5 cm³/mol. The van der Waals surface area contributed by atoms with Gasteiger partial charge in [0, 0.05) is 18.1 Å². The molecule has 1 amide bonds. The Labute approximate surface area is 130 Å². The van der Waals surface area contributed by atoms with Crippen molar-refractivity contribution in [1.29, 1.82) is 0 Å². The van der Waals surface area contributed by atoms with E-state index >= 15 is 0 Å². The van der Waals surface area contributed by atoms with Crippen LogP contribution in [0.15, 0.2) is 24.3 Å². The lowest BCUT2D eigenvalue weighted by Crippen LogP contribution is -2.40. The van der Waals surface area contributed by atoms with Gasteiger partial charge in [-0.3, -0.25) is 9.69 Å².